The number of carboxylic acids is 1. The van der Waals surface area contributed by atoms with Crippen LogP contribution in [0.25, 0.3) is 11.3 Å². The Morgan fingerprint density at radius 3 is 2.43 bits per heavy atom. The molecule has 1 aromatic heterocycles. The fourth-order valence-corrected chi connectivity index (χ4v) is 3.27. The molecule has 0 radical (unpaired) electrons. The molecule has 0 saturated heterocycles. The van der Waals surface area contributed by atoms with Gasteiger partial charge in [0.1, 0.15) is 11.3 Å². The van der Waals surface area contributed by atoms with E-state index in [-0.39, 0.29) is 0 Å². The summed E-state index contributed by atoms with van der Waals surface area (Å²) in [4.78, 5) is 11.9. The molecular formula is C17H19NO3. The number of benzene rings is 1. The molecule has 0 spiro atoms. The number of ether oxygens (including phenoxy) is 1. The van der Waals surface area contributed by atoms with E-state index in [1.54, 1.807) is 7.11 Å². The molecule has 1 aliphatic carbocycles. The number of nitrogens with zero attached hydrogens (tertiary/aromatic N) is 1. The molecular weight excluding hydrogens is 266 g/mol. The van der Waals surface area contributed by atoms with Gasteiger partial charge in [-0.15, -0.1) is 0 Å². The topological polar surface area (TPSA) is 51.5 Å². The van der Waals surface area contributed by atoms with Gasteiger partial charge in [-0.3, -0.25) is 0 Å². The Labute approximate surface area is 124 Å². The highest BCUT2D eigenvalue weighted by molar-refractivity contribution is 5.79. The number of aromatic nitrogens is 1. The first kappa shape index (κ1) is 13.7. The normalized spacial score (nSPS) is 16.8. The van der Waals surface area contributed by atoms with Crippen molar-refractivity contribution < 1.29 is 14.6 Å². The van der Waals surface area contributed by atoms with E-state index in [1.807, 2.05) is 47.2 Å². The van der Waals surface area contributed by atoms with Gasteiger partial charge in [-0.2, -0.15) is 0 Å². The van der Waals surface area contributed by atoms with Gasteiger partial charge >= 0.3 is 5.97 Å². The van der Waals surface area contributed by atoms with E-state index < -0.39 is 11.5 Å². The Hall–Kier alpha value is -2.23. The molecule has 0 unspecified atom stereocenters. The first-order valence-corrected chi connectivity index (χ1v) is 7.23. The molecule has 1 aliphatic rings. The van der Waals surface area contributed by atoms with Crippen molar-refractivity contribution in [2.24, 2.45) is 0 Å². The number of rotatable bonds is 4. The Kier molecular flexibility index (Phi) is 3.45. The second-order valence-corrected chi connectivity index (χ2v) is 5.54. The van der Waals surface area contributed by atoms with Gasteiger partial charge < -0.3 is 14.4 Å². The summed E-state index contributed by atoms with van der Waals surface area (Å²) in [6.07, 6.45) is 5.21. The third-order valence-corrected chi connectivity index (χ3v) is 4.42. The Bertz CT molecular complexity index is 636. The zero-order valence-corrected chi connectivity index (χ0v) is 12.1. The summed E-state index contributed by atoms with van der Waals surface area (Å²) in [5.74, 6) is 0.0663. The maximum Gasteiger partial charge on any atom is 0.329 e. The van der Waals surface area contributed by atoms with Gasteiger partial charge in [-0.25, -0.2) is 4.79 Å². The average Bonchev–Trinajstić information content (AvgIpc) is 3.16. The van der Waals surface area contributed by atoms with Crippen LogP contribution < -0.4 is 4.74 Å². The monoisotopic (exact) mass is 285 g/mol. The molecule has 1 aromatic carbocycles. The van der Waals surface area contributed by atoms with Crippen LogP contribution in [0.5, 0.6) is 5.75 Å². The van der Waals surface area contributed by atoms with E-state index in [0.29, 0.717) is 12.8 Å². The number of hydrogen-bond acceptors (Lipinski definition) is 2. The third-order valence-electron chi connectivity index (χ3n) is 4.42. The molecule has 110 valence electrons. The molecule has 1 fully saturated rings. The highest BCUT2D eigenvalue weighted by Crippen LogP contribution is 2.40. The minimum atomic E-state index is -0.793. The molecule has 3 rings (SSSR count). The average molecular weight is 285 g/mol. The summed E-state index contributed by atoms with van der Waals surface area (Å²) >= 11 is 0. The molecule has 1 saturated carbocycles. The van der Waals surface area contributed by atoms with Crippen molar-refractivity contribution in [2.45, 2.75) is 31.2 Å². The molecule has 4 nitrogen and oxygen atoms in total. The van der Waals surface area contributed by atoms with Crippen LogP contribution in [0.1, 0.15) is 25.7 Å². The lowest BCUT2D eigenvalue weighted by Crippen LogP contribution is -2.39. The van der Waals surface area contributed by atoms with E-state index in [2.05, 4.69) is 0 Å². The maximum atomic E-state index is 11.9. The van der Waals surface area contributed by atoms with Crippen LogP contribution in [-0.4, -0.2) is 22.8 Å². The van der Waals surface area contributed by atoms with Crippen LogP contribution in [-0.2, 0) is 10.3 Å². The highest BCUT2D eigenvalue weighted by Gasteiger charge is 2.43. The lowest BCUT2D eigenvalue weighted by atomic mass is 9.96. The third kappa shape index (κ3) is 2.20. The van der Waals surface area contributed by atoms with Crippen LogP contribution >= 0.6 is 0 Å². The molecule has 0 amide bonds. The molecule has 21 heavy (non-hydrogen) atoms. The smallest absolute Gasteiger partial charge is 0.329 e. The minimum Gasteiger partial charge on any atom is -0.497 e. The summed E-state index contributed by atoms with van der Waals surface area (Å²) in [6, 6.07) is 11.6. The van der Waals surface area contributed by atoms with Gasteiger partial charge in [0.15, 0.2) is 0 Å². The van der Waals surface area contributed by atoms with Crippen molar-refractivity contribution in [1.29, 1.82) is 0 Å². The quantitative estimate of drug-likeness (QED) is 0.935. The summed E-state index contributed by atoms with van der Waals surface area (Å²) < 4.78 is 7.11. The lowest BCUT2D eigenvalue weighted by Gasteiger charge is -2.28. The van der Waals surface area contributed by atoms with Gasteiger partial charge in [0, 0.05) is 11.9 Å². The first-order chi connectivity index (χ1) is 10.2. The number of carboxylic acid groups (broad SMARTS) is 1. The van der Waals surface area contributed by atoms with Gasteiger partial charge in [-0.1, -0.05) is 12.8 Å². The Balaban J connectivity index is 2.05. The van der Waals surface area contributed by atoms with Crippen LogP contribution in [0.2, 0.25) is 0 Å². The fourth-order valence-electron chi connectivity index (χ4n) is 3.27. The van der Waals surface area contributed by atoms with E-state index in [9.17, 15) is 9.90 Å². The van der Waals surface area contributed by atoms with Crippen LogP contribution in [0.4, 0.5) is 0 Å². The molecule has 0 bridgehead atoms. The first-order valence-electron chi connectivity index (χ1n) is 7.23. The zero-order valence-electron chi connectivity index (χ0n) is 12.1. The van der Waals surface area contributed by atoms with E-state index in [4.69, 9.17) is 4.74 Å². The predicted molar refractivity (Wildman–Crippen MR) is 80.5 cm³/mol. The number of methoxy groups -OCH3 is 1. The highest BCUT2D eigenvalue weighted by atomic mass is 16.5. The number of hydrogen-bond donors (Lipinski definition) is 1. The molecule has 0 aliphatic heterocycles. The lowest BCUT2D eigenvalue weighted by molar-refractivity contribution is -0.147. The standard InChI is InChI=1S/C17H19NO3/c1-21-14-8-6-13(7-9-14)15-5-4-12-18(15)17(16(19)20)10-2-3-11-17/h4-9,12H,2-3,10-11H2,1H3,(H,19,20). The maximum absolute atomic E-state index is 11.9. The second kappa shape index (κ2) is 5.28. The van der Waals surface area contributed by atoms with Gasteiger partial charge in [0.2, 0.25) is 0 Å². The van der Waals surface area contributed by atoms with Crippen molar-refractivity contribution in [1.82, 2.24) is 4.57 Å². The number of carbonyl (C=O) groups is 1. The van der Waals surface area contributed by atoms with E-state index in [0.717, 1.165) is 29.8 Å². The van der Waals surface area contributed by atoms with Crippen LogP contribution in [0, 0.1) is 0 Å². The van der Waals surface area contributed by atoms with Crippen molar-refractivity contribution >= 4 is 5.97 Å². The van der Waals surface area contributed by atoms with E-state index in [1.165, 1.54) is 0 Å². The number of aliphatic carboxylic acids is 1. The summed E-state index contributed by atoms with van der Waals surface area (Å²) in [6.45, 7) is 0. The molecule has 1 heterocycles. The predicted octanol–water partition coefficient (Wildman–Crippen LogP) is 3.52. The van der Waals surface area contributed by atoms with Gasteiger partial charge in [0.05, 0.1) is 7.11 Å². The van der Waals surface area contributed by atoms with Gasteiger partial charge in [-0.05, 0) is 54.8 Å². The van der Waals surface area contributed by atoms with Crippen LogP contribution in [0.3, 0.4) is 0 Å². The largest absolute Gasteiger partial charge is 0.497 e. The molecule has 4 heteroatoms. The Morgan fingerprint density at radius 1 is 1.19 bits per heavy atom. The van der Waals surface area contributed by atoms with Crippen LogP contribution in [0.15, 0.2) is 42.6 Å². The van der Waals surface area contributed by atoms with Gasteiger partial charge in [0.25, 0.3) is 0 Å². The minimum absolute atomic E-state index is 0.695. The molecule has 1 N–H and O–H groups in total. The zero-order chi connectivity index (χ0) is 14.9. The van der Waals surface area contributed by atoms with Crippen molar-refractivity contribution in [2.75, 3.05) is 7.11 Å². The molecule has 0 atom stereocenters. The SMILES string of the molecule is COc1ccc(-c2cccn2C2(C(=O)O)CCCC2)cc1. The molecule has 2 aromatic rings. The van der Waals surface area contributed by atoms with Crippen molar-refractivity contribution in [3.63, 3.8) is 0 Å². The van der Waals surface area contributed by atoms with E-state index >= 15 is 0 Å². The second-order valence-electron chi connectivity index (χ2n) is 5.54. The van der Waals surface area contributed by atoms with Crippen molar-refractivity contribution in [3.8, 4) is 17.0 Å². The summed E-state index contributed by atoms with van der Waals surface area (Å²) in [5.41, 5.74) is 1.16. The fraction of sp³-hybridized carbons (Fsp3) is 0.353. The summed E-state index contributed by atoms with van der Waals surface area (Å²) in [7, 11) is 1.63. The Morgan fingerprint density at radius 2 is 1.86 bits per heavy atom. The summed E-state index contributed by atoms with van der Waals surface area (Å²) in [5, 5.41) is 9.75. The van der Waals surface area contributed by atoms with Crippen molar-refractivity contribution in [3.05, 3.63) is 42.6 Å².